The summed E-state index contributed by atoms with van der Waals surface area (Å²) in [5, 5.41) is 5.09. The van der Waals surface area contributed by atoms with Gasteiger partial charge in [-0.05, 0) is 56.7 Å². The Kier molecular flexibility index (Phi) is 5.02. The van der Waals surface area contributed by atoms with Gasteiger partial charge in [0.15, 0.2) is 5.16 Å². The van der Waals surface area contributed by atoms with Crippen molar-refractivity contribution in [2.45, 2.75) is 37.9 Å². The average molecular weight is 381 g/mol. The molecule has 140 valence electrons. The normalized spacial score (nSPS) is 17.4. The van der Waals surface area contributed by atoms with Gasteiger partial charge in [0.25, 0.3) is 5.56 Å². The Bertz CT molecular complexity index is 1050. The minimum Gasteiger partial charge on any atom is -0.315 e. The zero-order chi connectivity index (χ0) is 19.0. The third-order valence-corrected chi connectivity index (χ3v) is 5.86. The molecule has 3 heterocycles. The first kappa shape index (κ1) is 18.2. The van der Waals surface area contributed by atoms with Crippen LogP contribution in [-0.4, -0.2) is 33.9 Å². The summed E-state index contributed by atoms with van der Waals surface area (Å²) in [5.41, 5.74) is 4.52. The fraction of sp³-hybridized carbons (Fsp3) is 0.381. The van der Waals surface area contributed by atoms with Crippen LogP contribution in [0.5, 0.6) is 0 Å². The van der Waals surface area contributed by atoms with E-state index in [9.17, 15) is 4.79 Å². The Labute approximate surface area is 163 Å². The maximum absolute atomic E-state index is 13.6. The Balaban J connectivity index is 2.07. The van der Waals surface area contributed by atoms with E-state index < -0.39 is 0 Å². The number of aryl methyl sites for hydroxylation is 2. The molecule has 0 bridgehead atoms. The Morgan fingerprint density at radius 2 is 2.00 bits per heavy atom. The monoisotopic (exact) mass is 380 g/mol. The van der Waals surface area contributed by atoms with Crippen LogP contribution in [0.15, 0.2) is 40.3 Å². The van der Waals surface area contributed by atoms with Crippen LogP contribution in [0.3, 0.4) is 0 Å². The molecule has 0 spiro atoms. The van der Waals surface area contributed by atoms with E-state index in [0.717, 1.165) is 59.3 Å². The zero-order valence-corrected chi connectivity index (χ0v) is 16.8. The number of hydrogen-bond acceptors (Lipinski definition) is 5. The summed E-state index contributed by atoms with van der Waals surface area (Å²) in [6.07, 6.45) is 4.01. The lowest BCUT2D eigenvalue weighted by Crippen LogP contribution is -2.37. The number of rotatable bonds is 3. The first-order valence-electron chi connectivity index (χ1n) is 9.34. The number of nitrogens with zero attached hydrogens (tertiary/aromatic N) is 3. The van der Waals surface area contributed by atoms with Crippen LogP contribution in [0.25, 0.3) is 22.2 Å². The van der Waals surface area contributed by atoms with E-state index >= 15 is 0 Å². The third kappa shape index (κ3) is 3.28. The zero-order valence-electron chi connectivity index (χ0n) is 16.0. The van der Waals surface area contributed by atoms with Crippen LogP contribution < -0.4 is 10.9 Å². The number of piperidine rings is 1. The smallest absolute Gasteiger partial charge is 0.260 e. The first-order chi connectivity index (χ1) is 13.1. The molecule has 0 saturated carbocycles. The molecule has 5 nitrogen and oxygen atoms in total. The summed E-state index contributed by atoms with van der Waals surface area (Å²) in [6, 6.07) is 10.1. The predicted molar refractivity (Wildman–Crippen MR) is 112 cm³/mol. The first-order valence-corrected chi connectivity index (χ1v) is 10.6. The minimum absolute atomic E-state index is 0.0376. The van der Waals surface area contributed by atoms with E-state index in [1.54, 1.807) is 0 Å². The van der Waals surface area contributed by atoms with Crippen molar-refractivity contribution in [1.82, 2.24) is 19.9 Å². The van der Waals surface area contributed by atoms with Crippen molar-refractivity contribution in [2.75, 3.05) is 19.3 Å². The topological polar surface area (TPSA) is 59.8 Å². The van der Waals surface area contributed by atoms with Crippen molar-refractivity contribution < 1.29 is 0 Å². The Hall–Kier alpha value is -2.18. The average Bonchev–Trinajstić information content (AvgIpc) is 2.69. The highest BCUT2D eigenvalue weighted by molar-refractivity contribution is 7.98. The predicted octanol–water partition coefficient (Wildman–Crippen LogP) is 3.72. The molecule has 1 unspecified atom stereocenters. The number of benzene rings is 1. The molecular formula is C21H24N4OS. The van der Waals surface area contributed by atoms with Crippen LogP contribution in [0.4, 0.5) is 0 Å². The lowest BCUT2D eigenvalue weighted by Gasteiger charge is -2.27. The van der Waals surface area contributed by atoms with Crippen molar-refractivity contribution in [3.63, 3.8) is 0 Å². The maximum atomic E-state index is 13.6. The van der Waals surface area contributed by atoms with Crippen molar-refractivity contribution in [3.8, 4) is 11.1 Å². The second-order valence-corrected chi connectivity index (χ2v) is 7.85. The second-order valence-electron chi connectivity index (χ2n) is 7.08. The molecule has 0 radical (unpaired) electrons. The molecule has 6 heteroatoms. The molecule has 3 aromatic rings. The molecule has 1 fully saturated rings. The van der Waals surface area contributed by atoms with Crippen LogP contribution in [0.1, 0.15) is 30.1 Å². The molecule has 0 aliphatic carbocycles. The number of pyridine rings is 1. The van der Waals surface area contributed by atoms with E-state index in [1.165, 1.54) is 11.8 Å². The Morgan fingerprint density at radius 1 is 1.19 bits per heavy atom. The molecule has 1 saturated heterocycles. The fourth-order valence-electron chi connectivity index (χ4n) is 3.88. The minimum atomic E-state index is 0.0376. The number of hydrogen-bond donors (Lipinski definition) is 1. The molecule has 27 heavy (non-hydrogen) atoms. The van der Waals surface area contributed by atoms with Crippen LogP contribution >= 0.6 is 11.8 Å². The van der Waals surface area contributed by atoms with E-state index in [0.29, 0.717) is 5.16 Å². The molecule has 1 aliphatic rings. The third-order valence-electron chi connectivity index (χ3n) is 5.32. The summed E-state index contributed by atoms with van der Waals surface area (Å²) >= 11 is 1.51. The molecule has 1 aromatic carbocycles. The molecule has 1 atom stereocenters. The molecule has 1 N–H and O–H groups in total. The van der Waals surface area contributed by atoms with Crippen molar-refractivity contribution in [1.29, 1.82) is 0 Å². The van der Waals surface area contributed by atoms with Gasteiger partial charge in [0, 0.05) is 17.5 Å². The van der Waals surface area contributed by atoms with Crippen LogP contribution in [0.2, 0.25) is 0 Å². The summed E-state index contributed by atoms with van der Waals surface area (Å²) in [5.74, 6) is 0. The van der Waals surface area contributed by atoms with Crippen LogP contribution in [-0.2, 0) is 0 Å². The SMILES string of the molecule is CSc1nc(C)c2cc(-c3ccccc3C)c(=O)n(C3CCCNC3)c2n1. The van der Waals surface area contributed by atoms with Crippen LogP contribution in [0, 0.1) is 13.8 Å². The molecule has 2 aromatic heterocycles. The molecule has 4 rings (SSSR count). The largest absolute Gasteiger partial charge is 0.315 e. The van der Waals surface area contributed by atoms with Gasteiger partial charge in [-0.25, -0.2) is 9.97 Å². The fourth-order valence-corrected chi connectivity index (χ4v) is 4.28. The van der Waals surface area contributed by atoms with Crippen molar-refractivity contribution in [3.05, 3.63) is 51.9 Å². The molecule has 1 aliphatic heterocycles. The summed E-state index contributed by atoms with van der Waals surface area (Å²) < 4.78 is 1.91. The van der Waals surface area contributed by atoms with Gasteiger partial charge in [-0.3, -0.25) is 9.36 Å². The number of thioether (sulfide) groups is 1. The highest BCUT2D eigenvalue weighted by Crippen LogP contribution is 2.28. The van der Waals surface area contributed by atoms with E-state index in [2.05, 4.69) is 10.3 Å². The standard InChI is InChI=1S/C21H24N4OS/c1-13-7-4-5-9-16(13)18-11-17-14(2)23-21(27-3)24-19(17)25(20(18)26)15-8-6-10-22-12-15/h4-5,7,9,11,15,22H,6,8,10,12H2,1-3H3. The summed E-state index contributed by atoms with van der Waals surface area (Å²) in [6.45, 7) is 5.85. The van der Waals surface area contributed by atoms with Gasteiger partial charge in [-0.1, -0.05) is 36.0 Å². The van der Waals surface area contributed by atoms with E-state index in [1.807, 2.05) is 55.0 Å². The molecule has 0 amide bonds. The highest BCUT2D eigenvalue weighted by Gasteiger charge is 2.23. The van der Waals surface area contributed by atoms with E-state index in [4.69, 9.17) is 4.98 Å². The van der Waals surface area contributed by atoms with Gasteiger partial charge in [0.2, 0.25) is 0 Å². The second kappa shape index (κ2) is 7.44. The van der Waals surface area contributed by atoms with Gasteiger partial charge in [0.1, 0.15) is 5.65 Å². The highest BCUT2D eigenvalue weighted by atomic mass is 32.2. The van der Waals surface area contributed by atoms with E-state index in [-0.39, 0.29) is 11.6 Å². The summed E-state index contributed by atoms with van der Waals surface area (Å²) in [4.78, 5) is 23.0. The number of aromatic nitrogens is 3. The number of fused-ring (bicyclic) bond motifs is 1. The lowest BCUT2D eigenvalue weighted by molar-refractivity contribution is 0.371. The maximum Gasteiger partial charge on any atom is 0.260 e. The lowest BCUT2D eigenvalue weighted by atomic mass is 9.99. The van der Waals surface area contributed by atoms with Crippen molar-refractivity contribution >= 4 is 22.8 Å². The summed E-state index contributed by atoms with van der Waals surface area (Å²) in [7, 11) is 0. The van der Waals surface area contributed by atoms with Crippen molar-refractivity contribution in [2.24, 2.45) is 0 Å². The van der Waals surface area contributed by atoms with Gasteiger partial charge in [-0.15, -0.1) is 0 Å². The Morgan fingerprint density at radius 3 is 2.70 bits per heavy atom. The molecular weight excluding hydrogens is 356 g/mol. The van der Waals surface area contributed by atoms with Gasteiger partial charge < -0.3 is 5.32 Å². The quantitative estimate of drug-likeness (QED) is 0.554. The van der Waals surface area contributed by atoms with Gasteiger partial charge in [0.05, 0.1) is 11.7 Å². The number of nitrogens with one attached hydrogen (secondary N) is 1. The van der Waals surface area contributed by atoms with Gasteiger partial charge >= 0.3 is 0 Å². The van der Waals surface area contributed by atoms with Gasteiger partial charge in [-0.2, -0.15) is 0 Å².